The van der Waals surface area contributed by atoms with Gasteiger partial charge < -0.3 is 10.6 Å². The molecular weight excluding hydrogens is 380 g/mol. The van der Waals surface area contributed by atoms with E-state index in [9.17, 15) is 9.59 Å². The van der Waals surface area contributed by atoms with Gasteiger partial charge in [0.25, 0.3) is 0 Å². The number of nitrogens with zero attached hydrogens (tertiary/aromatic N) is 4. The average molecular weight is 413 g/mol. The first-order valence-electron chi connectivity index (χ1n) is 10.8. The summed E-state index contributed by atoms with van der Waals surface area (Å²) < 4.78 is 1.87. The van der Waals surface area contributed by atoms with Crippen molar-refractivity contribution in [2.24, 2.45) is 5.92 Å². The van der Waals surface area contributed by atoms with Crippen molar-refractivity contribution in [1.29, 1.82) is 0 Å². The molecule has 1 saturated heterocycles. The van der Waals surface area contributed by atoms with Crippen molar-refractivity contribution in [3.05, 3.63) is 48.5 Å². The number of aryl methyl sites for hydroxylation is 1. The molecule has 3 rings (SSSR count). The Balaban J connectivity index is 1.47. The van der Waals surface area contributed by atoms with Crippen LogP contribution >= 0.6 is 0 Å². The van der Waals surface area contributed by atoms with Crippen LogP contribution in [0.3, 0.4) is 0 Å². The van der Waals surface area contributed by atoms with Gasteiger partial charge in [0.15, 0.2) is 0 Å². The number of hydrogen-bond donors (Lipinski definition) is 2. The number of carbonyl (C=O) groups is 2. The Kier molecular flexibility index (Phi) is 8.83. The van der Waals surface area contributed by atoms with Gasteiger partial charge in [-0.1, -0.05) is 6.07 Å². The molecule has 8 nitrogen and oxygen atoms in total. The van der Waals surface area contributed by atoms with Crippen LogP contribution in [0.1, 0.15) is 37.7 Å². The number of pyridine rings is 1. The van der Waals surface area contributed by atoms with Crippen LogP contribution in [0, 0.1) is 5.92 Å². The van der Waals surface area contributed by atoms with Crippen LogP contribution in [-0.4, -0.2) is 57.7 Å². The second kappa shape index (κ2) is 12.1. The summed E-state index contributed by atoms with van der Waals surface area (Å²) in [7, 11) is 0. The summed E-state index contributed by atoms with van der Waals surface area (Å²) in [5, 5.41) is 10.2. The van der Waals surface area contributed by atoms with Crippen molar-refractivity contribution in [1.82, 2.24) is 30.3 Å². The van der Waals surface area contributed by atoms with Crippen LogP contribution in [0.5, 0.6) is 0 Å². The fraction of sp³-hybridized carbons (Fsp3) is 0.545. The van der Waals surface area contributed by atoms with E-state index in [0.717, 1.165) is 44.5 Å². The highest BCUT2D eigenvalue weighted by Crippen LogP contribution is 2.14. The van der Waals surface area contributed by atoms with Gasteiger partial charge >= 0.3 is 0 Å². The largest absolute Gasteiger partial charge is 0.356 e. The topological polar surface area (TPSA) is 92.2 Å². The summed E-state index contributed by atoms with van der Waals surface area (Å²) in [5.74, 6) is 0.0579. The van der Waals surface area contributed by atoms with Gasteiger partial charge in [0.05, 0.1) is 0 Å². The van der Waals surface area contributed by atoms with E-state index in [-0.39, 0.29) is 17.7 Å². The van der Waals surface area contributed by atoms with Crippen molar-refractivity contribution in [2.75, 3.05) is 26.2 Å². The predicted octanol–water partition coefficient (Wildman–Crippen LogP) is 1.59. The van der Waals surface area contributed by atoms with Gasteiger partial charge in [0.1, 0.15) is 0 Å². The molecule has 0 spiro atoms. The lowest BCUT2D eigenvalue weighted by atomic mass is 9.98. The van der Waals surface area contributed by atoms with Crippen LogP contribution in [0.15, 0.2) is 43.0 Å². The van der Waals surface area contributed by atoms with E-state index in [1.165, 1.54) is 0 Å². The van der Waals surface area contributed by atoms with Gasteiger partial charge in [0.2, 0.25) is 11.8 Å². The molecule has 30 heavy (non-hydrogen) atoms. The third-order valence-electron chi connectivity index (χ3n) is 5.42. The minimum Gasteiger partial charge on any atom is -0.356 e. The highest BCUT2D eigenvalue weighted by atomic mass is 16.2. The average Bonchev–Trinajstić information content (AvgIpc) is 3.26. The van der Waals surface area contributed by atoms with Gasteiger partial charge in [0, 0.05) is 69.8 Å². The van der Waals surface area contributed by atoms with E-state index in [1.807, 2.05) is 29.2 Å². The first-order chi connectivity index (χ1) is 14.7. The highest BCUT2D eigenvalue weighted by Gasteiger charge is 2.20. The number of nitrogens with one attached hydrogen (secondary N) is 2. The smallest absolute Gasteiger partial charge is 0.223 e. The van der Waals surface area contributed by atoms with Crippen LogP contribution in [0.4, 0.5) is 0 Å². The minimum absolute atomic E-state index is 0.0477. The Morgan fingerprint density at radius 2 is 2.17 bits per heavy atom. The maximum atomic E-state index is 12.7. The quantitative estimate of drug-likeness (QED) is 0.674. The zero-order valence-electron chi connectivity index (χ0n) is 17.5. The molecule has 2 amide bonds. The molecule has 1 aliphatic rings. The van der Waals surface area contributed by atoms with E-state index in [4.69, 9.17) is 0 Å². The molecule has 2 N–H and O–H groups in total. The van der Waals surface area contributed by atoms with E-state index < -0.39 is 0 Å². The van der Waals surface area contributed by atoms with Gasteiger partial charge in [-0.3, -0.25) is 24.2 Å². The first-order valence-corrected chi connectivity index (χ1v) is 10.8. The summed E-state index contributed by atoms with van der Waals surface area (Å²) in [6.45, 7) is 4.32. The number of carbonyl (C=O) groups excluding carboxylic acids is 2. The Bertz CT molecular complexity index is 765. The SMILES string of the molecule is O=C1CCN(Cc2cccnc2)CCCC(C(=O)NCCCn2cccn2)CCN1. The summed E-state index contributed by atoms with van der Waals surface area (Å²) in [5.41, 5.74) is 1.14. The zero-order valence-corrected chi connectivity index (χ0v) is 17.5. The highest BCUT2D eigenvalue weighted by molar-refractivity contribution is 5.79. The second-order valence-corrected chi connectivity index (χ2v) is 7.78. The fourth-order valence-corrected chi connectivity index (χ4v) is 3.75. The molecule has 1 fully saturated rings. The van der Waals surface area contributed by atoms with Crippen molar-refractivity contribution >= 4 is 11.8 Å². The molecule has 1 aliphatic heterocycles. The predicted molar refractivity (Wildman–Crippen MR) is 114 cm³/mol. The molecule has 0 radical (unpaired) electrons. The first kappa shape index (κ1) is 22.0. The fourth-order valence-electron chi connectivity index (χ4n) is 3.75. The Morgan fingerprint density at radius 3 is 2.97 bits per heavy atom. The van der Waals surface area contributed by atoms with E-state index in [2.05, 4.69) is 31.7 Å². The number of hydrogen-bond acceptors (Lipinski definition) is 5. The molecule has 0 aromatic carbocycles. The number of rotatable bonds is 7. The Hall–Kier alpha value is -2.74. The summed E-state index contributed by atoms with van der Waals surface area (Å²) in [4.78, 5) is 31.3. The molecule has 8 heteroatoms. The molecule has 3 heterocycles. The van der Waals surface area contributed by atoms with Crippen LogP contribution in [0.2, 0.25) is 0 Å². The van der Waals surface area contributed by atoms with Crippen molar-refractivity contribution in [3.8, 4) is 0 Å². The molecule has 2 aromatic heterocycles. The monoisotopic (exact) mass is 412 g/mol. The van der Waals surface area contributed by atoms with Crippen LogP contribution in [0.25, 0.3) is 0 Å². The zero-order chi connectivity index (χ0) is 21.0. The number of aromatic nitrogens is 3. The molecule has 0 aliphatic carbocycles. The lowest BCUT2D eigenvalue weighted by Crippen LogP contribution is -2.34. The Labute approximate surface area is 178 Å². The molecule has 1 atom stereocenters. The Morgan fingerprint density at radius 1 is 1.23 bits per heavy atom. The van der Waals surface area contributed by atoms with Gasteiger partial charge in [-0.25, -0.2) is 0 Å². The van der Waals surface area contributed by atoms with Gasteiger partial charge in [-0.2, -0.15) is 5.10 Å². The number of amides is 2. The molecule has 1 unspecified atom stereocenters. The van der Waals surface area contributed by atoms with Crippen molar-refractivity contribution in [2.45, 2.75) is 45.2 Å². The molecule has 0 saturated carbocycles. The van der Waals surface area contributed by atoms with Gasteiger partial charge in [-0.05, 0) is 49.9 Å². The molecule has 0 bridgehead atoms. The second-order valence-electron chi connectivity index (χ2n) is 7.78. The standard InChI is InChI=1S/C22H32N6O2/c29-21-8-16-27(18-19-5-1-9-23-17-19)13-2-6-20(7-12-24-21)22(30)25-10-3-14-28-15-4-11-26-28/h1,4-5,9,11,15,17,20H,2-3,6-8,10,12-14,16,18H2,(H,24,29)(H,25,30). The molecule has 2 aromatic rings. The third-order valence-corrected chi connectivity index (χ3v) is 5.42. The summed E-state index contributed by atoms with van der Waals surface area (Å²) >= 11 is 0. The summed E-state index contributed by atoms with van der Waals surface area (Å²) in [6, 6.07) is 5.88. The lowest BCUT2D eigenvalue weighted by molar-refractivity contribution is -0.126. The van der Waals surface area contributed by atoms with Gasteiger partial charge in [-0.15, -0.1) is 0 Å². The van der Waals surface area contributed by atoms with Crippen molar-refractivity contribution < 1.29 is 9.59 Å². The molecule has 162 valence electrons. The normalized spacial score (nSPS) is 18.9. The lowest BCUT2D eigenvalue weighted by Gasteiger charge is -2.22. The van der Waals surface area contributed by atoms with Crippen LogP contribution in [-0.2, 0) is 22.7 Å². The molecular formula is C22H32N6O2. The third kappa shape index (κ3) is 7.59. The van der Waals surface area contributed by atoms with E-state index >= 15 is 0 Å². The minimum atomic E-state index is -0.0756. The maximum absolute atomic E-state index is 12.7. The van der Waals surface area contributed by atoms with Crippen LogP contribution < -0.4 is 10.6 Å². The summed E-state index contributed by atoms with van der Waals surface area (Å²) in [6.07, 6.45) is 11.1. The van der Waals surface area contributed by atoms with E-state index in [0.29, 0.717) is 32.5 Å². The van der Waals surface area contributed by atoms with E-state index in [1.54, 1.807) is 12.4 Å². The van der Waals surface area contributed by atoms with Crippen molar-refractivity contribution in [3.63, 3.8) is 0 Å². The maximum Gasteiger partial charge on any atom is 0.223 e.